The van der Waals surface area contributed by atoms with Crippen molar-refractivity contribution < 1.29 is 24.2 Å². The maximum Gasteiger partial charge on any atom is 0.313 e. The van der Waals surface area contributed by atoms with Gasteiger partial charge in [-0.1, -0.05) is 26.5 Å². The van der Waals surface area contributed by atoms with Gasteiger partial charge >= 0.3 is 11.9 Å². The van der Waals surface area contributed by atoms with Gasteiger partial charge in [0.15, 0.2) is 0 Å². The highest BCUT2D eigenvalue weighted by Crippen LogP contribution is 2.40. The molecule has 0 aliphatic carbocycles. The first-order valence-electron chi connectivity index (χ1n) is 15.2. The van der Waals surface area contributed by atoms with Crippen LogP contribution in [-0.4, -0.2) is 48.4 Å². The summed E-state index contributed by atoms with van der Waals surface area (Å²) >= 11 is 0. The average molecular weight is 609 g/mol. The van der Waals surface area contributed by atoms with Crippen LogP contribution in [0.5, 0.6) is 0 Å². The molecular weight excluding hydrogens is 568 g/mol. The summed E-state index contributed by atoms with van der Waals surface area (Å²) in [6.07, 6.45) is 11.0. The van der Waals surface area contributed by atoms with Crippen molar-refractivity contribution in [3.8, 4) is 0 Å². The van der Waals surface area contributed by atoms with E-state index in [4.69, 9.17) is 24.5 Å². The molecule has 5 aliphatic rings. The molecule has 0 amide bonds. The lowest BCUT2D eigenvalue weighted by Crippen LogP contribution is -2.14. The maximum absolute atomic E-state index is 12.2. The molecule has 234 valence electrons. The van der Waals surface area contributed by atoms with Crippen molar-refractivity contribution in [3.05, 3.63) is 105 Å². The highest BCUT2D eigenvalue weighted by Gasteiger charge is 2.35. The van der Waals surface area contributed by atoms with E-state index in [1.807, 2.05) is 38.2 Å². The van der Waals surface area contributed by atoms with E-state index in [1.165, 1.54) is 14.2 Å². The Hall–Kier alpha value is -4.79. The molecule has 5 heterocycles. The number of nitrogens with zero attached hydrogens (tertiary/aromatic N) is 3. The van der Waals surface area contributed by atoms with Crippen LogP contribution in [0.2, 0.25) is 0 Å². The molecule has 0 saturated carbocycles. The molecule has 0 radical (unpaired) electrons. The number of hydrogen-bond donors (Lipinski definition) is 2. The molecule has 8 bridgehead atoms. The summed E-state index contributed by atoms with van der Waals surface area (Å²) < 4.78 is 9.79. The molecule has 9 heteroatoms. The molecule has 9 nitrogen and oxygen atoms in total. The van der Waals surface area contributed by atoms with Crippen molar-refractivity contribution in [1.82, 2.24) is 5.32 Å². The van der Waals surface area contributed by atoms with E-state index in [1.54, 1.807) is 0 Å². The Morgan fingerprint density at radius 1 is 0.911 bits per heavy atom. The number of nitrogens with one attached hydrogen (secondary N) is 1. The number of esters is 2. The number of methoxy groups -OCH3 is 2. The zero-order valence-corrected chi connectivity index (χ0v) is 27.0. The highest BCUT2D eigenvalue weighted by atomic mass is 16.5. The van der Waals surface area contributed by atoms with E-state index in [2.05, 4.69) is 38.7 Å². The van der Waals surface area contributed by atoms with Crippen molar-refractivity contribution in [2.45, 2.75) is 60.3 Å². The molecular formula is C36H40N4O5. The van der Waals surface area contributed by atoms with Crippen LogP contribution in [0.15, 0.2) is 120 Å². The second-order valence-electron chi connectivity index (χ2n) is 11.7. The number of fused-ring (bicyclic) bond motifs is 5. The Morgan fingerprint density at radius 2 is 1.58 bits per heavy atom. The number of ether oxygens (including phenoxy) is 2. The lowest BCUT2D eigenvalue weighted by atomic mass is 9.87. The minimum atomic E-state index is -0.554. The third kappa shape index (κ3) is 5.87. The standard InChI is InChI=1S/C36H40N4O5/c1-9-22-18(3)25-13-26-20(5)24(11-12-34(42)44-7)31(39-26)16-32-36(33(41)17-35(43)45-8)21(6)28(40-32)15-30-23(10-2)19(4)27(38-30)14-29(22)37-25/h9,13-16,20,24,39,41H,1,10-12,17H2,2-8H3/t20-,24-/m0/s1. The van der Waals surface area contributed by atoms with Crippen LogP contribution in [0.1, 0.15) is 60.3 Å². The van der Waals surface area contributed by atoms with Gasteiger partial charge in [-0.2, -0.15) is 0 Å². The Balaban J connectivity index is 1.77. The van der Waals surface area contributed by atoms with Crippen molar-refractivity contribution in [3.63, 3.8) is 0 Å². The number of aliphatic hydroxyl groups is 1. The van der Waals surface area contributed by atoms with Gasteiger partial charge in [0.05, 0.1) is 48.4 Å². The fourth-order valence-corrected chi connectivity index (χ4v) is 6.45. The molecule has 5 rings (SSSR count). The quantitative estimate of drug-likeness (QED) is 0.249. The number of hydrogen-bond acceptors (Lipinski definition) is 9. The summed E-state index contributed by atoms with van der Waals surface area (Å²) in [5.41, 5.74) is 11.5. The Labute approximate surface area is 264 Å². The van der Waals surface area contributed by atoms with Crippen molar-refractivity contribution in [2.75, 3.05) is 14.2 Å². The van der Waals surface area contributed by atoms with Crippen molar-refractivity contribution in [1.29, 1.82) is 0 Å². The number of aliphatic imine (C=N–C) groups is 3. The molecule has 2 N–H and O–H groups in total. The molecule has 0 aromatic heterocycles. The van der Waals surface area contributed by atoms with Gasteiger partial charge in [-0.05, 0) is 80.2 Å². The normalized spacial score (nSPS) is 23.5. The molecule has 1 saturated heterocycles. The van der Waals surface area contributed by atoms with Crippen molar-refractivity contribution in [2.24, 2.45) is 26.8 Å². The minimum absolute atomic E-state index is 0.0127. The molecule has 2 atom stereocenters. The topological polar surface area (TPSA) is 122 Å². The van der Waals surface area contributed by atoms with Crippen LogP contribution < -0.4 is 5.32 Å². The molecule has 1 fully saturated rings. The molecule has 0 unspecified atom stereocenters. The van der Waals surface area contributed by atoms with Gasteiger partial charge in [0.25, 0.3) is 0 Å². The Morgan fingerprint density at radius 3 is 2.24 bits per heavy atom. The van der Waals surface area contributed by atoms with E-state index in [-0.39, 0.29) is 36.4 Å². The first kappa shape index (κ1) is 31.6. The molecule has 0 spiro atoms. The van der Waals surface area contributed by atoms with Crippen LogP contribution in [0, 0.1) is 11.8 Å². The van der Waals surface area contributed by atoms with Crippen LogP contribution in [0.3, 0.4) is 0 Å². The highest BCUT2D eigenvalue weighted by molar-refractivity contribution is 6.17. The lowest BCUT2D eigenvalue weighted by Gasteiger charge is -2.15. The second-order valence-corrected chi connectivity index (χ2v) is 11.7. The van der Waals surface area contributed by atoms with E-state index in [0.29, 0.717) is 23.4 Å². The Kier molecular flexibility index (Phi) is 8.91. The van der Waals surface area contributed by atoms with Gasteiger partial charge in [-0.25, -0.2) is 15.0 Å². The molecule has 45 heavy (non-hydrogen) atoms. The monoisotopic (exact) mass is 608 g/mol. The van der Waals surface area contributed by atoms with Crippen LogP contribution in [0.25, 0.3) is 0 Å². The van der Waals surface area contributed by atoms with Crippen LogP contribution in [0.4, 0.5) is 0 Å². The smallest absolute Gasteiger partial charge is 0.313 e. The number of rotatable bonds is 7. The van der Waals surface area contributed by atoms with Gasteiger partial charge in [-0.3, -0.25) is 9.59 Å². The minimum Gasteiger partial charge on any atom is -0.511 e. The summed E-state index contributed by atoms with van der Waals surface area (Å²) in [6.45, 7) is 14.3. The van der Waals surface area contributed by atoms with Crippen LogP contribution in [-0.2, 0) is 19.1 Å². The largest absolute Gasteiger partial charge is 0.511 e. The predicted octanol–water partition coefficient (Wildman–Crippen LogP) is 6.59. The van der Waals surface area contributed by atoms with E-state index >= 15 is 0 Å². The van der Waals surface area contributed by atoms with Gasteiger partial charge < -0.3 is 19.9 Å². The van der Waals surface area contributed by atoms with Gasteiger partial charge in [0.1, 0.15) is 12.2 Å². The maximum atomic E-state index is 12.2. The summed E-state index contributed by atoms with van der Waals surface area (Å²) in [5.74, 6) is -1.02. The fourth-order valence-electron chi connectivity index (χ4n) is 6.45. The Bertz CT molecular complexity index is 1750. The number of aliphatic hydroxyl groups excluding tert-OH is 1. The van der Waals surface area contributed by atoms with Gasteiger partial charge in [0.2, 0.25) is 0 Å². The number of allylic oxidation sites excluding steroid dienone is 12. The van der Waals surface area contributed by atoms with E-state index in [0.717, 1.165) is 68.5 Å². The summed E-state index contributed by atoms with van der Waals surface area (Å²) in [7, 11) is 2.68. The second kappa shape index (κ2) is 12.7. The van der Waals surface area contributed by atoms with E-state index in [9.17, 15) is 14.7 Å². The number of carbonyl (C=O) groups excluding carboxylic acids is 2. The summed E-state index contributed by atoms with van der Waals surface area (Å²) in [5, 5.41) is 14.8. The third-order valence-corrected chi connectivity index (χ3v) is 9.13. The predicted molar refractivity (Wildman–Crippen MR) is 177 cm³/mol. The summed E-state index contributed by atoms with van der Waals surface area (Å²) in [4.78, 5) is 39.4. The van der Waals surface area contributed by atoms with E-state index < -0.39 is 5.97 Å². The molecule has 5 aliphatic heterocycles. The third-order valence-electron chi connectivity index (χ3n) is 9.13. The average Bonchev–Trinajstić information content (AvgIpc) is 3.68. The van der Waals surface area contributed by atoms with Crippen molar-refractivity contribution >= 4 is 29.1 Å². The van der Waals surface area contributed by atoms with Gasteiger partial charge in [0, 0.05) is 40.8 Å². The first-order chi connectivity index (χ1) is 21.5. The fraction of sp³-hybridized carbons (Fsp3) is 0.361. The zero-order valence-electron chi connectivity index (χ0n) is 27.0. The SMILES string of the molecule is C=CC1=C(C)C2=NC1=CC1=NC(=CC3=C(C)C(=C(O)CC(=O)OC)C(=N3)C=C3NC(=C2)[C@@H](C)[C@@H]3CCC(=O)OC)C(CC)=C1C. The first-order valence-corrected chi connectivity index (χ1v) is 15.2. The number of carbonyl (C=O) groups is 2. The van der Waals surface area contributed by atoms with Crippen LogP contribution >= 0.6 is 0 Å². The zero-order chi connectivity index (χ0) is 32.6. The lowest BCUT2D eigenvalue weighted by molar-refractivity contribution is -0.141. The summed E-state index contributed by atoms with van der Waals surface area (Å²) in [6, 6.07) is 0. The molecule has 0 aromatic rings. The molecule has 0 aromatic carbocycles. The van der Waals surface area contributed by atoms with Gasteiger partial charge in [-0.15, -0.1) is 0 Å².